The second-order valence-electron chi connectivity index (χ2n) is 7.35. The molecule has 3 aromatic rings. The van der Waals surface area contributed by atoms with Gasteiger partial charge in [0, 0.05) is 6.92 Å². The van der Waals surface area contributed by atoms with E-state index in [4.69, 9.17) is 0 Å². The molecule has 0 atom stereocenters. The quantitative estimate of drug-likeness (QED) is 0.437. The molecule has 0 aliphatic heterocycles. The lowest BCUT2D eigenvalue weighted by Crippen LogP contribution is -2.19. The molecule has 8 nitrogen and oxygen atoms in total. The average Bonchev–Trinajstić information content (AvgIpc) is 2.77. The van der Waals surface area contributed by atoms with E-state index in [0.717, 1.165) is 30.5 Å². The fourth-order valence-corrected chi connectivity index (χ4v) is 4.14. The molecule has 34 heavy (non-hydrogen) atoms. The van der Waals surface area contributed by atoms with Crippen molar-refractivity contribution in [3.63, 3.8) is 0 Å². The number of carbonyl (C=O) groups excluding carboxylic acids is 2. The molecule has 0 fully saturated rings. The van der Waals surface area contributed by atoms with Gasteiger partial charge in [-0.3, -0.25) is 14.3 Å². The number of amides is 2. The Morgan fingerprint density at radius 2 is 1.68 bits per heavy atom. The van der Waals surface area contributed by atoms with E-state index >= 15 is 4.39 Å². The third-order valence-corrected chi connectivity index (χ3v) is 6.04. The topological polar surface area (TPSA) is 117 Å². The molecule has 178 valence electrons. The van der Waals surface area contributed by atoms with Crippen LogP contribution in [0, 0.1) is 11.6 Å². The van der Waals surface area contributed by atoms with Gasteiger partial charge in [-0.15, -0.1) is 0 Å². The van der Waals surface area contributed by atoms with Crippen molar-refractivity contribution in [2.75, 3.05) is 15.4 Å². The van der Waals surface area contributed by atoms with Gasteiger partial charge in [-0.2, -0.15) is 0 Å². The number of hydrogen-bond acceptors (Lipinski definition) is 5. The molecule has 3 rings (SSSR count). The SMILES string of the molecule is CCCc1ccc(S(=O)(=O)Nc2ccc(F)c(C(=O)Nc3ccc(NC(C)=O)nc3)c2F)cc1. The third-order valence-electron chi connectivity index (χ3n) is 4.66. The largest absolute Gasteiger partial charge is 0.320 e. The summed E-state index contributed by atoms with van der Waals surface area (Å²) in [6.45, 7) is 3.29. The molecule has 0 radical (unpaired) electrons. The predicted molar refractivity (Wildman–Crippen MR) is 124 cm³/mol. The van der Waals surface area contributed by atoms with Crippen molar-refractivity contribution in [2.45, 2.75) is 31.6 Å². The summed E-state index contributed by atoms with van der Waals surface area (Å²) in [5, 5.41) is 4.73. The number of halogens is 2. The van der Waals surface area contributed by atoms with Crippen LogP contribution in [0.25, 0.3) is 0 Å². The van der Waals surface area contributed by atoms with Crippen LogP contribution in [0.2, 0.25) is 0 Å². The van der Waals surface area contributed by atoms with Crippen LogP contribution in [0.5, 0.6) is 0 Å². The average molecular weight is 489 g/mol. The molecule has 0 unspecified atom stereocenters. The number of pyridine rings is 1. The molecule has 0 bridgehead atoms. The second kappa shape index (κ2) is 10.4. The van der Waals surface area contributed by atoms with Crippen molar-refractivity contribution in [3.05, 3.63) is 77.5 Å². The smallest absolute Gasteiger partial charge is 0.261 e. The Bertz CT molecular complexity index is 1310. The summed E-state index contributed by atoms with van der Waals surface area (Å²) >= 11 is 0. The minimum Gasteiger partial charge on any atom is -0.320 e. The number of nitrogens with zero attached hydrogens (tertiary/aromatic N) is 1. The minimum atomic E-state index is -4.19. The van der Waals surface area contributed by atoms with Crippen molar-refractivity contribution in [1.29, 1.82) is 0 Å². The van der Waals surface area contributed by atoms with Gasteiger partial charge in [0.15, 0.2) is 5.82 Å². The molecule has 2 aromatic carbocycles. The van der Waals surface area contributed by atoms with Crippen molar-refractivity contribution >= 4 is 39.0 Å². The van der Waals surface area contributed by atoms with Crippen LogP contribution < -0.4 is 15.4 Å². The molecule has 2 amide bonds. The number of anilines is 3. The number of benzene rings is 2. The van der Waals surface area contributed by atoms with Gasteiger partial charge in [0.2, 0.25) is 5.91 Å². The summed E-state index contributed by atoms with van der Waals surface area (Å²) in [4.78, 5) is 27.4. The van der Waals surface area contributed by atoms with E-state index in [1.807, 2.05) is 6.92 Å². The van der Waals surface area contributed by atoms with Crippen molar-refractivity contribution in [3.8, 4) is 0 Å². The molecule has 0 spiro atoms. The Morgan fingerprint density at radius 3 is 2.26 bits per heavy atom. The van der Waals surface area contributed by atoms with Crippen LogP contribution in [0.3, 0.4) is 0 Å². The van der Waals surface area contributed by atoms with Gasteiger partial charge in [0.1, 0.15) is 17.2 Å². The summed E-state index contributed by atoms with van der Waals surface area (Å²) in [5.41, 5.74) is -0.489. The zero-order chi connectivity index (χ0) is 24.9. The standard InChI is InChI=1S/C23H22F2N4O4S/c1-3-4-15-5-8-17(9-6-15)34(32,33)29-19-11-10-18(24)21(22(19)25)23(31)28-16-7-12-20(26-13-16)27-14(2)30/h5-13,29H,3-4H2,1-2H3,(H,28,31)(H,26,27,30). The zero-order valence-electron chi connectivity index (χ0n) is 18.4. The molecule has 1 aromatic heterocycles. The maximum atomic E-state index is 15.0. The summed E-state index contributed by atoms with van der Waals surface area (Å²) in [5.74, 6) is -3.81. The first kappa shape index (κ1) is 24.8. The van der Waals surface area contributed by atoms with Crippen molar-refractivity contribution < 1.29 is 26.8 Å². The highest BCUT2D eigenvalue weighted by Gasteiger charge is 2.24. The van der Waals surface area contributed by atoms with Gasteiger partial charge in [-0.25, -0.2) is 22.2 Å². The fraction of sp³-hybridized carbons (Fsp3) is 0.174. The van der Waals surface area contributed by atoms with E-state index < -0.39 is 38.8 Å². The number of aromatic nitrogens is 1. The fourth-order valence-electron chi connectivity index (χ4n) is 3.08. The van der Waals surface area contributed by atoms with Crippen LogP contribution in [0.1, 0.15) is 36.2 Å². The Balaban J connectivity index is 1.82. The maximum Gasteiger partial charge on any atom is 0.261 e. The summed E-state index contributed by atoms with van der Waals surface area (Å²) in [6.07, 6.45) is 2.86. The summed E-state index contributed by atoms with van der Waals surface area (Å²) in [7, 11) is -4.19. The van der Waals surface area contributed by atoms with Gasteiger partial charge < -0.3 is 10.6 Å². The Morgan fingerprint density at radius 1 is 0.971 bits per heavy atom. The van der Waals surface area contributed by atoms with E-state index in [1.165, 1.54) is 37.4 Å². The summed E-state index contributed by atoms with van der Waals surface area (Å²) in [6, 6.07) is 10.5. The first-order chi connectivity index (χ1) is 16.1. The molecular formula is C23H22F2N4O4S. The van der Waals surface area contributed by atoms with Crippen molar-refractivity contribution in [2.24, 2.45) is 0 Å². The molecule has 3 N–H and O–H groups in total. The third kappa shape index (κ3) is 5.93. The van der Waals surface area contributed by atoms with E-state index in [-0.39, 0.29) is 22.3 Å². The second-order valence-corrected chi connectivity index (χ2v) is 9.03. The number of carbonyl (C=O) groups is 2. The number of sulfonamides is 1. The predicted octanol–water partition coefficient (Wildman–Crippen LogP) is 4.32. The highest BCUT2D eigenvalue weighted by Crippen LogP contribution is 2.25. The number of nitrogens with one attached hydrogen (secondary N) is 3. The van der Waals surface area contributed by atoms with Crippen LogP contribution in [0.15, 0.2) is 59.6 Å². The maximum absolute atomic E-state index is 15.0. The van der Waals surface area contributed by atoms with E-state index in [0.29, 0.717) is 0 Å². The van der Waals surface area contributed by atoms with Gasteiger partial charge in [-0.05, 0) is 48.4 Å². The first-order valence-electron chi connectivity index (χ1n) is 10.3. The molecule has 11 heteroatoms. The van der Waals surface area contributed by atoms with Gasteiger partial charge in [-0.1, -0.05) is 25.5 Å². The normalized spacial score (nSPS) is 11.1. The molecular weight excluding hydrogens is 466 g/mol. The lowest BCUT2D eigenvalue weighted by atomic mass is 10.1. The molecule has 0 aliphatic carbocycles. The Labute approximate surface area is 195 Å². The highest BCUT2D eigenvalue weighted by atomic mass is 32.2. The minimum absolute atomic E-state index is 0.104. The number of aryl methyl sites for hydroxylation is 1. The molecule has 0 aliphatic rings. The number of rotatable bonds is 8. The van der Waals surface area contributed by atoms with Crippen molar-refractivity contribution in [1.82, 2.24) is 4.98 Å². The highest BCUT2D eigenvalue weighted by molar-refractivity contribution is 7.92. The van der Waals surface area contributed by atoms with E-state index in [9.17, 15) is 22.4 Å². The van der Waals surface area contributed by atoms with Gasteiger partial charge >= 0.3 is 0 Å². The Kier molecular flexibility index (Phi) is 7.57. The molecule has 0 saturated carbocycles. The van der Waals surface area contributed by atoms with Crippen LogP contribution in [-0.2, 0) is 21.2 Å². The first-order valence-corrected chi connectivity index (χ1v) is 11.7. The number of hydrogen-bond donors (Lipinski definition) is 3. The Hall–Kier alpha value is -3.86. The van der Waals surface area contributed by atoms with Gasteiger partial charge in [0.25, 0.3) is 15.9 Å². The lowest BCUT2D eigenvalue weighted by Gasteiger charge is -2.13. The van der Waals surface area contributed by atoms with Crippen LogP contribution in [-0.4, -0.2) is 25.2 Å². The van der Waals surface area contributed by atoms with Crippen LogP contribution in [0.4, 0.5) is 26.0 Å². The van der Waals surface area contributed by atoms with E-state index in [1.54, 1.807) is 12.1 Å². The van der Waals surface area contributed by atoms with Crippen LogP contribution >= 0.6 is 0 Å². The van der Waals surface area contributed by atoms with E-state index in [2.05, 4.69) is 20.3 Å². The summed E-state index contributed by atoms with van der Waals surface area (Å²) < 4.78 is 56.8. The monoisotopic (exact) mass is 488 g/mol. The lowest BCUT2D eigenvalue weighted by molar-refractivity contribution is -0.114. The molecule has 1 heterocycles. The zero-order valence-corrected chi connectivity index (χ0v) is 19.2. The molecule has 0 saturated heterocycles. The van der Waals surface area contributed by atoms with Gasteiger partial charge in [0.05, 0.1) is 22.5 Å².